The Bertz CT molecular complexity index is 281. The summed E-state index contributed by atoms with van der Waals surface area (Å²) < 4.78 is 0.969. The lowest BCUT2D eigenvalue weighted by molar-refractivity contribution is 0.266. The van der Waals surface area contributed by atoms with Crippen LogP contribution in [0.1, 0.15) is 13.3 Å². The molecule has 1 unspecified atom stereocenters. The lowest BCUT2D eigenvalue weighted by Crippen LogP contribution is -2.13. The minimum absolute atomic E-state index is 0.242. The zero-order valence-electron chi connectivity index (χ0n) is 8.20. The number of aliphatic hydroxyl groups is 1. The molecule has 0 saturated carbocycles. The van der Waals surface area contributed by atoms with Gasteiger partial charge in [-0.3, -0.25) is 0 Å². The van der Waals surface area contributed by atoms with Crippen LogP contribution >= 0.6 is 15.9 Å². The summed E-state index contributed by atoms with van der Waals surface area (Å²) in [6.07, 6.45) is 2.57. The van der Waals surface area contributed by atoms with Gasteiger partial charge in [-0.2, -0.15) is 0 Å². The van der Waals surface area contributed by atoms with Crippen LogP contribution in [0.5, 0.6) is 0 Å². The minimum Gasteiger partial charge on any atom is -0.396 e. The maximum Gasteiger partial charge on any atom is 0.140 e. The molecule has 0 aliphatic carbocycles. The number of nitrogens with zero attached hydrogens (tertiary/aromatic N) is 1. The first-order chi connectivity index (χ1) is 6.74. The third-order valence-electron chi connectivity index (χ3n) is 2.00. The lowest BCUT2D eigenvalue weighted by Gasteiger charge is -2.12. The SMILES string of the molecule is CC(CCO)CNc1ncccc1Br. The first-order valence-corrected chi connectivity index (χ1v) is 5.48. The van der Waals surface area contributed by atoms with E-state index in [0.717, 1.165) is 23.3 Å². The second-order valence-electron chi connectivity index (χ2n) is 3.33. The summed E-state index contributed by atoms with van der Waals surface area (Å²) in [6, 6.07) is 3.83. The van der Waals surface area contributed by atoms with E-state index in [0.29, 0.717) is 5.92 Å². The Balaban J connectivity index is 2.41. The van der Waals surface area contributed by atoms with Crippen molar-refractivity contribution in [1.82, 2.24) is 4.98 Å². The van der Waals surface area contributed by atoms with Crippen molar-refractivity contribution < 1.29 is 5.11 Å². The third-order valence-corrected chi connectivity index (χ3v) is 2.64. The zero-order valence-corrected chi connectivity index (χ0v) is 9.79. The van der Waals surface area contributed by atoms with Gasteiger partial charge in [-0.15, -0.1) is 0 Å². The molecule has 0 aromatic carbocycles. The molecule has 1 atom stereocenters. The van der Waals surface area contributed by atoms with Crippen LogP contribution in [-0.4, -0.2) is 23.2 Å². The van der Waals surface area contributed by atoms with E-state index in [1.165, 1.54) is 0 Å². The Morgan fingerprint density at radius 2 is 2.43 bits per heavy atom. The van der Waals surface area contributed by atoms with E-state index in [1.807, 2.05) is 12.1 Å². The molecule has 3 nitrogen and oxygen atoms in total. The Hall–Kier alpha value is -0.610. The lowest BCUT2D eigenvalue weighted by atomic mass is 10.1. The third kappa shape index (κ3) is 3.64. The van der Waals surface area contributed by atoms with Crippen molar-refractivity contribution in [2.24, 2.45) is 5.92 Å². The summed E-state index contributed by atoms with van der Waals surface area (Å²) in [4.78, 5) is 4.19. The summed E-state index contributed by atoms with van der Waals surface area (Å²) >= 11 is 3.41. The van der Waals surface area contributed by atoms with Gasteiger partial charge in [-0.1, -0.05) is 6.92 Å². The number of aromatic nitrogens is 1. The van der Waals surface area contributed by atoms with Gasteiger partial charge < -0.3 is 10.4 Å². The van der Waals surface area contributed by atoms with Crippen LogP contribution in [-0.2, 0) is 0 Å². The molecule has 0 aliphatic heterocycles. The molecule has 2 N–H and O–H groups in total. The number of aliphatic hydroxyl groups excluding tert-OH is 1. The van der Waals surface area contributed by atoms with Crippen molar-refractivity contribution in [2.75, 3.05) is 18.5 Å². The summed E-state index contributed by atoms with van der Waals surface area (Å²) in [5.41, 5.74) is 0. The smallest absolute Gasteiger partial charge is 0.140 e. The molecule has 0 amide bonds. The Labute approximate surface area is 92.7 Å². The first-order valence-electron chi connectivity index (χ1n) is 4.69. The number of rotatable bonds is 5. The summed E-state index contributed by atoms with van der Waals surface area (Å²) in [5, 5.41) is 12.0. The first kappa shape index (κ1) is 11.5. The fourth-order valence-electron chi connectivity index (χ4n) is 1.11. The van der Waals surface area contributed by atoms with Crippen LogP contribution in [0.2, 0.25) is 0 Å². The van der Waals surface area contributed by atoms with Crippen molar-refractivity contribution in [2.45, 2.75) is 13.3 Å². The standard InChI is InChI=1S/C10H15BrN2O/c1-8(4-6-14)7-13-10-9(11)3-2-5-12-10/h2-3,5,8,14H,4,6-7H2,1H3,(H,12,13). The molecular formula is C10H15BrN2O. The van der Waals surface area contributed by atoms with Crippen LogP contribution < -0.4 is 5.32 Å². The van der Waals surface area contributed by atoms with Crippen molar-refractivity contribution in [3.8, 4) is 0 Å². The quantitative estimate of drug-likeness (QED) is 0.852. The van der Waals surface area contributed by atoms with Crippen molar-refractivity contribution in [3.05, 3.63) is 22.8 Å². The Morgan fingerprint density at radius 1 is 1.64 bits per heavy atom. The van der Waals surface area contributed by atoms with Gasteiger partial charge in [-0.05, 0) is 40.4 Å². The van der Waals surface area contributed by atoms with Gasteiger partial charge in [0, 0.05) is 19.3 Å². The van der Waals surface area contributed by atoms with Gasteiger partial charge in [-0.25, -0.2) is 4.98 Å². The fraction of sp³-hybridized carbons (Fsp3) is 0.500. The average Bonchev–Trinajstić information content (AvgIpc) is 2.17. The number of anilines is 1. The van der Waals surface area contributed by atoms with Crippen LogP contribution in [0.15, 0.2) is 22.8 Å². The normalized spacial score (nSPS) is 12.5. The van der Waals surface area contributed by atoms with Crippen LogP contribution in [0, 0.1) is 5.92 Å². The molecule has 1 aromatic rings. The van der Waals surface area contributed by atoms with Gasteiger partial charge in [0.15, 0.2) is 0 Å². The van der Waals surface area contributed by atoms with E-state index < -0.39 is 0 Å². The molecule has 14 heavy (non-hydrogen) atoms. The molecule has 4 heteroatoms. The van der Waals surface area contributed by atoms with Gasteiger partial charge in [0.1, 0.15) is 5.82 Å². The van der Waals surface area contributed by atoms with Crippen LogP contribution in [0.4, 0.5) is 5.82 Å². The highest BCUT2D eigenvalue weighted by Crippen LogP contribution is 2.18. The van der Waals surface area contributed by atoms with Gasteiger partial charge in [0.05, 0.1) is 4.47 Å². The zero-order chi connectivity index (χ0) is 10.4. The number of hydrogen-bond acceptors (Lipinski definition) is 3. The van der Waals surface area contributed by atoms with E-state index in [4.69, 9.17) is 5.11 Å². The molecule has 1 heterocycles. The van der Waals surface area contributed by atoms with Gasteiger partial charge in [0.25, 0.3) is 0 Å². The van der Waals surface area contributed by atoms with E-state index >= 15 is 0 Å². The summed E-state index contributed by atoms with van der Waals surface area (Å²) in [5.74, 6) is 1.31. The highest BCUT2D eigenvalue weighted by Gasteiger charge is 2.03. The minimum atomic E-state index is 0.242. The van der Waals surface area contributed by atoms with E-state index in [1.54, 1.807) is 6.20 Å². The van der Waals surface area contributed by atoms with Gasteiger partial charge in [0.2, 0.25) is 0 Å². The van der Waals surface area contributed by atoms with Crippen molar-refractivity contribution in [1.29, 1.82) is 0 Å². The molecule has 0 fully saturated rings. The molecular weight excluding hydrogens is 244 g/mol. The summed E-state index contributed by atoms with van der Waals surface area (Å²) in [7, 11) is 0. The molecule has 78 valence electrons. The second-order valence-corrected chi connectivity index (χ2v) is 4.19. The molecule has 0 spiro atoms. The molecule has 0 bridgehead atoms. The van der Waals surface area contributed by atoms with Crippen LogP contribution in [0.25, 0.3) is 0 Å². The maximum absolute atomic E-state index is 8.74. The van der Waals surface area contributed by atoms with Crippen LogP contribution in [0.3, 0.4) is 0 Å². The Morgan fingerprint density at radius 3 is 3.07 bits per heavy atom. The number of pyridine rings is 1. The molecule has 0 saturated heterocycles. The van der Waals surface area contributed by atoms with Gasteiger partial charge >= 0.3 is 0 Å². The predicted octanol–water partition coefficient (Wildman–Crippen LogP) is 2.27. The number of halogens is 1. The molecule has 0 radical (unpaired) electrons. The predicted molar refractivity (Wildman–Crippen MR) is 61.3 cm³/mol. The maximum atomic E-state index is 8.74. The highest BCUT2D eigenvalue weighted by molar-refractivity contribution is 9.10. The van der Waals surface area contributed by atoms with Crippen molar-refractivity contribution >= 4 is 21.7 Å². The molecule has 1 rings (SSSR count). The molecule has 0 aliphatic rings. The van der Waals surface area contributed by atoms with E-state index in [2.05, 4.69) is 33.2 Å². The van der Waals surface area contributed by atoms with E-state index in [9.17, 15) is 0 Å². The second kappa shape index (κ2) is 5.98. The van der Waals surface area contributed by atoms with E-state index in [-0.39, 0.29) is 6.61 Å². The largest absolute Gasteiger partial charge is 0.396 e. The van der Waals surface area contributed by atoms with Crippen molar-refractivity contribution in [3.63, 3.8) is 0 Å². The number of hydrogen-bond donors (Lipinski definition) is 2. The average molecular weight is 259 g/mol. The fourth-order valence-corrected chi connectivity index (χ4v) is 1.50. The molecule has 1 aromatic heterocycles. The number of nitrogens with one attached hydrogen (secondary N) is 1. The summed E-state index contributed by atoms with van der Waals surface area (Å²) in [6.45, 7) is 3.17. The highest BCUT2D eigenvalue weighted by atomic mass is 79.9. The Kier molecular flexibility index (Phi) is 4.90. The topological polar surface area (TPSA) is 45.1 Å². The monoisotopic (exact) mass is 258 g/mol.